The topological polar surface area (TPSA) is 114 Å². The van der Waals surface area contributed by atoms with Gasteiger partial charge < -0.3 is 20.2 Å². The fourth-order valence-electron chi connectivity index (χ4n) is 2.53. The lowest BCUT2D eigenvalue weighted by molar-refractivity contribution is 0.0512. The second kappa shape index (κ2) is 6.04. The Labute approximate surface area is 136 Å². The number of aromatic amines is 1. The molecule has 0 bridgehead atoms. The highest BCUT2D eigenvalue weighted by Gasteiger charge is 2.36. The number of hydrogen-bond acceptors (Lipinski definition) is 6. The van der Waals surface area contributed by atoms with Gasteiger partial charge >= 0.3 is 5.97 Å². The maximum atomic E-state index is 14.3. The van der Waals surface area contributed by atoms with Crippen molar-refractivity contribution in [3.8, 4) is 11.9 Å². The number of hydrogen-bond donors (Lipinski definition) is 2. The van der Waals surface area contributed by atoms with E-state index in [0.29, 0.717) is 0 Å². The normalized spacial score (nSPS) is 16.1. The number of nitrogens with zero attached hydrogens (tertiary/aromatic N) is 2. The van der Waals surface area contributed by atoms with Crippen molar-refractivity contribution in [1.29, 1.82) is 5.26 Å². The van der Waals surface area contributed by atoms with Gasteiger partial charge in [0.15, 0.2) is 0 Å². The monoisotopic (exact) mass is 328 g/mol. The fraction of sp³-hybridized carbons (Fsp3) is 0.188. The van der Waals surface area contributed by atoms with Crippen molar-refractivity contribution in [2.45, 2.75) is 12.8 Å². The van der Waals surface area contributed by atoms with E-state index in [1.807, 2.05) is 6.07 Å². The number of rotatable bonds is 3. The standard InChI is InChI=1S/C16H13FN4O3/c1-2-23-16(22)14-20-12-11(8-5-3-4-6-10(8)17)9(7-18)13(19)24-15(12)21-14/h3-6,11H,2,19H2,1H3,(H,20,21)/t11-/m1/s1. The summed E-state index contributed by atoms with van der Waals surface area (Å²) in [5.74, 6) is -2.31. The molecule has 7 nitrogen and oxygen atoms in total. The minimum atomic E-state index is -0.851. The van der Waals surface area contributed by atoms with Gasteiger partial charge in [-0.15, -0.1) is 0 Å². The summed E-state index contributed by atoms with van der Waals surface area (Å²) in [6, 6.07) is 7.92. The Morgan fingerprint density at radius 3 is 2.96 bits per heavy atom. The zero-order chi connectivity index (χ0) is 17.3. The van der Waals surface area contributed by atoms with Crippen molar-refractivity contribution < 1.29 is 18.7 Å². The van der Waals surface area contributed by atoms with Gasteiger partial charge in [0, 0.05) is 5.56 Å². The number of carbonyl (C=O) groups is 1. The first-order valence-electron chi connectivity index (χ1n) is 7.15. The van der Waals surface area contributed by atoms with Gasteiger partial charge in [-0.3, -0.25) is 0 Å². The van der Waals surface area contributed by atoms with Gasteiger partial charge in [-0.1, -0.05) is 18.2 Å². The van der Waals surface area contributed by atoms with E-state index >= 15 is 0 Å². The van der Waals surface area contributed by atoms with E-state index in [1.54, 1.807) is 13.0 Å². The Morgan fingerprint density at radius 1 is 1.54 bits per heavy atom. The van der Waals surface area contributed by atoms with E-state index in [0.717, 1.165) is 0 Å². The summed E-state index contributed by atoms with van der Waals surface area (Å²) in [7, 11) is 0. The highest BCUT2D eigenvalue weighted by Crippen LogP contribution is 2.41. The number of imidazole rings is 1. The molecule has 3 N–H and O–H groups in total. The van der Waals surface area contributed by atoms with E-state index in [9.17, 15) is 14.4 Å². The largest absolute Gasteiger partial charge is 0.460 e. The number of nitriles is 1. The number of halogens is 1. The average molecular weight is 328 g/mol. The molecule has 0 saturated heterocycles. The molecule has 3 rings (SSSR count). The number of ether oxygens (including phenoxy) is 2. The van der Waals surface area contributed by atoms with Crippen LogP contribution in [0.15, 0.2) is 35.7 Å². The molecule has 1 atom stereocenters. The summed E-state index contributed by atoms with van der Waals surface area (Å²) < 4.78 is 24.4. The maximum Gasteiger partial charge on any atom is 0.374 e. The minimum absolute atomic E-state index is 0.0165. The number of benzene rings is 1. The molecular weight excluding hydrogens is 315 g/mol. The van der Waals surface area contributed by atoms with Crippen LogP contribution in [0.1, 0.15) is 34.7 Å². The van der Waals surface area contributed by atoms with Gasteiger partial charge in [0.1, 0.15) is 17.5 Å². The average Bonchev–Trinajstić information content (AvgIpc) is 2.98. The van der Waals surface area contributed by atoms with Gasteiger partial charge in [0.2, 0.25) is 17.6 Å². The first kappa shape index (κ1) is 15.6. The van der Waals surface area contributed by atoms with Gasteiger partial charge in [-0.25, -0.2) is 9.18 Å². The predicted molar refractivity (Wildman–Crippen MR) is 80.2 cm³/mol. The minimum Gasteiger partial charge on any atom is -0.460 e. The summed E-state index contributed by atoms with van der Waals surface area (Å²) >= 11 is 0. The van der Waals surface area contributed by atoms with E-state index in [4.69, 9.17) is 15.2 Å². The highest BCUT2D eigenvalue weighted by molar-refractivity contribution is 5.85. The second-order valence-corrected chi connectivity index (χ2v) is 4.97. The Balaban J connectivity index is 2.15. The number of nitrogens with one attached hydrogen (secondary N) is 1. The lowest BCUT2D eigenvalue weighted by Gasteiger charge is -2.22. The third kappa shape index (κ3) is 2.46. The number of esters is 1. The van der Waals surface area contributed by atoms with Crippen molar-refractivity contribution in [1.82, 2.24) is 9.97 Å². The van der Waals surface area contributed by atoms with Crippen LogP contribution in [0.3, 0.4) is 0 Å². The maximum absolute atomic E-state index is 14.3. The Kier molecular flexibility index (Phi) is 3.92. The predicted octanol–water partition coefficient (Wildman–Crippen LogP) is 1.94. The van der Waals surface area contributed by atoms with Crippen LogP contribution in [0.25, 0.3) is 0 Å². The first-order chi connectivity index (χ1) is 11.6. The van der Waals surface area contributed by atoms with Crippen LogP contribution in [0.2, 0.25) is 0 Å². The molecule has 1 aliphatic heterocycles. The zero-order valence-electron chi connectivity index (χ0n) is 12.7. The number of carbonyl (C=O) groups excluding carboxylic acids is 1. The number of fused-ring (bicyclic) bond motifs is 1. The van der Waals surface area contributed by atoms with Gasteiger partial charge in [-0.2, -0.15) is 10.2 Å². The SMILES string of the molecule is CCOC(=O)c1nc2c([nH]1)[C@H](c1ccccc1F)C(C#N)=C(N)O2. The summed E-state index contributed by atoms with van der Waals surface area (Å²) in [5, 5.41) is 9.39. The molecule has 122 valence electrons. The van der Waals surface area contributed by atoms with Crippen LogP contribution < -0.4 is 10.5 Å². The molecule has 24 heavy (non-hydrogen) atoms. The number of nitrogens with two attached hydrogens (primary N) is 1. The van der Waals surface area contributed by atoms with E-state index in [-0.39, 0.29) is 41.0 Å². The number of aromatic nitrogens is 2. The number of H-pyrrole nitrogens is 1. The molecule has 2 heterocycles. The summed E-state index contributed by atoms with van der Waals surface area (Å²) in [6.45, 7) is 1.83. The van der Waals surface area contributed by atoms with Crippen LogP contribution in [-0.2, 0) is 4.74 Å². The molecule has 0 aliphatic carbocycles. The van der Waals surface area contributed by atoms with Crippen molar-refractivity contribution >= 4 is 5.97 Å². The zero-order valence-corrected chi connectivity index (χ0v) is 12.7. The quantitative estimate of drug-likeness (QED) is 0.832. The summed E-state index contributed by atoms with van der Waals surface area (Å²) in [6.07, 6.45) is 0. The highest BCUT2D eigenvalue weighted by atomic mass is 19.1. The summed E-state index contributed by atoms with van der Waals surface area (Å²) in [5.41, 5.74) is 6.30. The molecule has 8 heteroatoms. The molecule has 1 aromatic carbocycles. The molecule has 0 unspecified atom stereocenters. The molecule has 1 aliphatic rings. The van der Waals surface area contributed by atoms with Gasteiger partial charge in [0.25, 0.3) is 0 Å². The molecule has 0 fully saturated rings. The lowest BCUT2D eigenvalue weighted by atomic mass is 9.87. The molecular formula is C16H13FN4O3. The van der Waals surface area contributed by atoms with E-state index < -0.39 is 17.7 Å². The molecule has 1 aromatic heterocycles. The van der Waals surface area contributed by atoms with Crippen molar-refractivity contribution in [2.24, 2.45) is 5.73 Å². The number of allylic oxidation sites excluding steroid dienone is 1. The summed E-state index contributed by atoms with van der Waals surface area (Å²) in [4.78, 5) is 18.6. The Hall–Kier alpha value is -3.34. The van der Waals surface area contributed by atoms with Crippen LogP contribution in [0.5, 0.6) is 5.88 Å². The Morgan fingerprint density at radius 2 is 2.29 bits per heavy atom. The molecule has 0 saturated carbocycles. The van der Waals surface area contributed by atoms with Crippen LogP contribution in [0, 0.1) is 17.1 Å². The first-order valence-corrected chi connectivity index (χ1v) is 7.15. The van der Waals surface area contributed by atoms with Crippen molar-refractivity contribution in [3.63, 3.8) is 0 Å². The van der Waals surface area contributed by atoms with Crippen molar-refractivity contribution in [3.05, 3.63) is 58.6 Å². The molecule has 0 amide bonds. The van der Waals surface area contributed by atoms with Crippen molar-refractivity contribution in [2.75, 3.05) is 6.61 Å². The third-order valence-electron chi connectivity index (χ3n) is 3.55. The van der Waals surface area contributed by atoms with E-state index in [1.165, 1.54) is 18.2 Å². The lowest BCUT2D eigenvalue weighted by Crippen LogP contribution is -2.21. The molecule has 2 aromatic rings. The second-order valence-electron chi connectivity index (χ2n) is 4.97. The molecule has 0 radical (unpaired) electrons. The van der Waals surface area contributed by atoms with Gasteiger partial charge in [-0.05, 0) is 13.0 Å². The fourth-order valence-corrected chi connectivity index (χ4v) is 2.53. The smallest absolute Gasteiger partial charge is 0.374 e. The van der Waals surface area contributed by atoms with Crippen LogP contribution >= 0.6 is 0 Å². The molecule has 0 spiro atoms. The third-order valence-corrected chi connectivity index (χ3v) is 3.55. The van der Waals surface area contributed by atoms with Crippen LogP contribution in [0.4, 0.5) is 4.39 Å². The van der Waals surface area contributed by atoms with Crippen LogP contribution in [-0.4, -0.2) is 22.5 Å². The van der Waals surface area contributed by atoms with Gasteiger partial charge in [0.05, 0.1) is 18.2 Å². The Bertz CT molecular complexity index is 882. The van der Waals surface area contributed by atoms with E-state index in [2.05, 4.69) is 9.97 Å².